The average Bonchev–Trinajstić information content (AvgIpc) is 2.30. The minimum atomic E-state index is 0.702. The highest BCUT2D eigenvalue weighted by atomic mass is 16.5. The maximum Gasteiger partial charge on any atom is 0.150 e. The molecule has 0 heterocycles. The van der Waals surface area contributed by atoms with E-state index in [1.54, 1.807) is 0 Å². The first-order valence-electron chi connectivity index (χ1n) is 5.68. The second kappa shape index (κ2) is 4.50. The molecule has 0 aromatic heterocycles. The molecule has 0 fully saturated rings. The molecule has 0 unspecified atom stereocenters. The molecule has 88 valence electrons. The largest absolute Gasteiger partial charge is 0.455 e. The predicted octanol–water partition coefficient (Wildman–Crippen LogP) is 3.99. The average molecular weight is 227 g/mol. The van der Waals surface area contributed by atoms with Crippen LogP contribution in [0.2, 0.25) is 0 Å². The zero-order valence-electron chi connectivity index (χ0n) is 10.4. The van der Waals surface area contributed by atoms with Crippen LogP contribution in [0.1, 0.15) is 16.7 Å². The smallest absolute Gasteiger partial charge is 0.150 e. The number of nitrogen functional groups attached to an aromatic ring is 1. The Kier molecular flexibility index (Phi) is 3.05. The summed E-state index contributed by atoms with van der Waals surface area (Å²) < 4.78 is 5.88. The highest BCUT2D eigenvalue weighted by Crippen LogP contribution is 2.31. The summed E-state index contributed by atoms with van der Waals surface area (Å²) >= 11 is 0. The Morgan fingerprint density at radius 1 is 0.882 bits per heavy atom. The van der Waals surface area contributed by atoms with Crippen molar-refractivity contribution in [3.05, 3.63) is 53.1 Å². The van der Waals surface area contributed by atoms with E-state index in [4.69, 9.17) is 10.5 Å². The molecule has 2 N–H and O–H groups in total. The fourth-order valence-corrected chi connectivity index (χ4v) is 1.68. The van der Waals surface area contributed by atoms with Crippen molar-refractivity contribution in [2.24, 2.45) is 0 Å². The number of hydrogen-bond acceptors (Lipinski definition) is 2. The van der Waals surface area contributed by atoms with Gasteiger partial charge in [-0.25, -0.2) is 0 Å². The van der Waals surface area contributed by atoms with Crippen molar-refractivity contribution in [3.8, 4) is 11.5 Å². The fourth-order valence-electron chi connectivity index (χ4n) is 1.68. The molecule has 2 rings (SSSR count). The third kappa shape index (κ3) is 2.41. The van der Waals surface area contributed by atoms with Crippen LogP contribution in [-0.4, -0.2) is 0 Å². The Morgan fingerprint density at radius 2 is 1.65 bits per heavy atom. The minimum Gasteiger partial charge on any atom is -0.455 e. The van der Waals surface area contributed by atoms with Crippen LogP contribution in [0.25, 0.3) is 0 Å². The van der Waals surface area contributed by atoms with Gasteiger partial charge in [-0.05, 0) is 49.6 Å². The number of aryl methyl sites for hydroxylation is 3. The van der Waals surface area contributed by atoms with Gasteiger partial charge in [0.25, 0.3) is 0 Å². The van der Waals surface area contributed by atoms with E-state index in [2.05, 4.69) is 12.1 Å². The first-order valence-corrected chi connectivity index (χ1v) is 5.68. The van der Waals surface area contributed by atoms with E-state index in [-0.39, 0.29) is 0 Å². The van der Waals surface area contributed by atoms with Gasteiger partial charge in [-0.3, -0.25) is 0 Å². The van der Waals surface area contributed by atoms with Gasteiger partial charge in [0.15, 0.2) is 5.75 Å². The van der Waals surface area contributed by atoms with Gasteiger partial charge in [0.1, 0.15) is 5.75 Å². The minimum absolute atomic E-state index is 0.702. The summed E-state index contributed by atoms with van der Waals surface area (Å²) in [5.41, 5.74) is 10.0. The normalized spacial score (nSPS) is 10.3. The van der Waals surface area contributed by atoms with Crippen LogP contribution in [0, 0.1) is 20.8 Å². The van der Waals surface area contributed by atoms with E-state index in [9.17, 15) is 0 Å². The Morgan fingerprint density at radius 3 is 2.41 bits per heavy atom. The number of anilines is 1. The molecule has 0 aliphatic carbocycles. The molecule has 0 bridgehead atoms. The van der Waals surface area contributed by atoms with E-state index in [1.807, 2.05) is 45.0 Å². The van der Waals surface area contributed by atoms with E-state index < -0.39 is 0 Å². The van der Waals surface area contributed by atoms with Crippen molar-refractivity contribution < 1.29 is 4.74 Å². The molecule has 0 aliphatic heterocycles. The number of benzene rings is 2. The summed E-state index contributed by atoms with van der Waals surface area (Å²) in [5, 5.41) is 0. The van der Waals surface area contributed by atoms with Crippen molar-refractivity contribution in [1.29, 1.82) is 0 Å². The number of rotatable bonds is 2. The standard InChI is InChI=1S/C15H17NO/c1-10-7-8-11(2)14(9-10)17-13-6-4-5-12(3)15(13)16/h4-9H,16H2,1-3H3. The Bertz CT molecular complexity index is 547. The summed E-state index contributed by atoms with van der Waals surface area (Å²) in [7, 11) is 0. The maximum absolute atomic E-state index is 5.99. The summed E-state index contributed by atoms with van der Waals surface area (Å²) in [6.07, 6.45) is 0. The van der Waals surface area contributed by atoms with Gasteiger partial charge in [-0.1, -0.05) is 24.3 Å². The van der Waals surface area contributed by atoms with Crippen molar-refractivity contribution in [2.45, 2.75) is 20.8 Å². The lowest BCUT2D eigenvalue weighted by Gasteiger charge is -2.12. The molecule has 0 saturated carbocycles. The molecule has 17 heavy (non-hydrogen) atoms. The van der Waals surface area contributed by atoms with Crippen LogP contribution < -0.4 is 10.5 Å². The Labute approximate surface area is 102 Å². The molecular formula is C15H17NO. The molecule has 2 nitrogen and oxygen atoms in total. The summed E-state index contributed by atoms with van der Waals surface area (Å²) in [5.74, 6) is 1.58. The van der Waals surface area contributed by atoms with Gasteiger partial charge in [0.2, 0.25) is 0 Å². The predicted molar refractivity (Wildman–Crippen MR) is 71.6 cm³/mol. The molecule has 0 amide bonds. The molecule has 2 aromatic rings. The van der Waals surface area contributed by atoms with Crippen molar-refractivity contribution in [3.63, 3.8) is 0 Å². The summed E-state index contributed by atoms with van der Waals surface area (Å²) in [6.45, 7) is 6.05. The lowest BCUT2D eigenvalue weighted by molar-refractivity contribution is 0.480. The monoisotopic (exact) mass is 227 g/mol. The third-order valence-corrected chi connectivity index (χ3v) is 2.85. The molecule has 2 heteroatoms. The van der Waals surface area contributed by atoms with Gasteiger partial charge in [-0.2, -0.15) is 0 Å². The third-order valence-electron chi connectivity index (χ3n) is 2.85. The molecule has 0 spiro atoms. The molecule has 0 radical (unpaired) electrons. The molecule has 0 saturated heterocycles. The SMILES string of the molecule is Cc1ccc(C)c(Oc2cccc(C)c2N)c1. The van der Waals surface area contributed by atoms with Crippen LogP contribution in [0.4, 0.5) is 5.69 Å². The van der Waals surface area contributed by atoms with Gasteiger partial charge in [0, 0.05) is 0 Å². The van der Waals surface area contributed by atoms with Crippen LogP contribution in [0.15, 0.2) is 36.4 Å². The zero-order chi connectivity index (χ0) is 12.4. The van der Waals surface area contributed by atoms with E-state index in [0.717, 1.165) is 22.6 Å². The zero-order valence-corrected chi connectivity index (χ0v) is 10.4. The second-order valence-electron chi connectivity index (χ2n) is 4.36. The molecule has 2 aromatic carbocycles. The quantitative estimate of drug-likeness (QED) is 0.787. The molecule has 0 atom stereocenters. The number of nitrogens with two attached hydrogens (primary N) is 1. The first kappa shape index (κ1) is 11.5. The van der Waals surface area contributed by atoms with Gasteiger partial charge in [-0.15, -0.1) is 0 Å². The van der Waals surface area contributed by atoms with Gasteiger partial charge in [0.05, 0.1) is 5.69 Å². The molecule has 0 aliphatic rings. The van der Waals surface area contributed by atoms with Crippen LogP contribution in [-0.2, 0) is 0 Å². The van der Waals surface area contributed by atoms with E-state index >= 15 is 0 Å². The van der Waals surface area contributed by atoms with Crippen molar-refractivity contribution in [2.75, 3.05) is 5.73 Å². The topological polar surface area (TPSA) is 35.2 Å². The number of ether oxygens (including phenoxy) is 1. The number of para-hydroxylation sites is 1. The maximum atomic E-state index is 5.99. The molecular weight excluding hydrogens is 210 g/mol. The Hall–Kier alpha value is -1.96. The first-order chi connectivity index (χ1) is 8.08. The highest BCUT2D eigenvalue weighted by molar-refractivity contribution is 5.59. The van der Waals surface area contributed by atoms with Gasteiger partial charge >= 0.3 is 0 Å². The fraction of sp³-hybridized carbons (Fsp3) is 0.200. The Balaban J connectivity index is 2.38. The second-order valence-corrected chi connectivity index (χ2v) is 4.36. The van der Waals surface area contributed by atoms with Crippen LogP contribution in [0.5, 0.6) is 11.5 Å². The van der Waals surface area contributed by atoms with Crippen molar-refractivity contribution in [1.82, 2.24) is 0 Å². The number of hydrogen-bond donors (Lipinski definition) is 1. The van der Waals surface area contributed by atoms with Crippen LogP contribution >= 0.6 is 0 Å². The van der Waals surface area contributed by atoms with Crippen LogP contribution in [0.3, 0.4) is 0 Å². The highest BCUT2D eigenvalue weighted by Gasteiger charge is 2.06. The van der Waals surface area contributed by atoms with Gasteiger partial charge < -0.3 is 10.5 Å². The van der Waals surface area contributed by atoms with E-state index in [0.29, 0.717) is 5.69 Å². The summed E-state index contributed by atoms with van der Waals surface area (Å²) in [4.78, 5) is 0. The summed E-state index contributed by atoms with van der Waals surface area (Å²) in [6, 6.07) is 12.0. The van der Waals surface area contributed by atoms with E-state index in [1.165, 1.54) is 5.56 Å². The van der Waals surface area contributed by atoms with Crippen molar-refractivity contribution >= 4 is 5.69 Å². The lowest BCUT2D eigenvalue weighted by atomic mass is 10.1. The lowest BCUT2D eigenvalue weighted by Crippen LogP contribution is -1.95.